The Bertz CT molecular complexity index is 860. The fraction of sp³-hybridized carbons (Fsp3) is 0.158. The summed E-state index contributed by atoms with van der Waals surface area (Å²) in [5.41, 5.74) is 2.06. The zero-order valence-electron chi connectivity index (χ0n) is 13.8. The molecular formula is C19H17BrN2O4. The topological polar surface area (TPSA) is 84.6 Å². The first-order valence-corrected chi connectivity index (χ1v) is 8.77. The first-order valence-electron chi connectivity index (χ1n) is 7.98. The smallest absolute Gasteiger partial charge is 0.251 e. The van der Waals surface area contributed by atoms with Gasteiger partial charge in [0.15, 0.2) is 0 Å². The Morgan fingerprint density at radius 2 is 1.88 bits per heavy atom. The van der Waals surface area contributed by atoms with Gasteiger partial charge in [-0.3, -0.25) is 4.79 Å². The Hall–Kier alpha value is -2.64. The van der Waals surface area contributed by atoms with Gasteiger partial charge in [0.2, 0.25) is 5.89 Å². The lowest BCUT2D eigenvalue weighted by atomic mass is 10.2. The SMILES string of the molecule is O=C(NCCO)c1ccc(OCc2coc(-c3ccc(Br)cc3)n2)cc1. The van der Waals surface area contributed by atoms with Crippen LogP contribution in [0.15, 0.2) is 63.7 Å². The van der Waals surface area contributed by atoms with Gasteiger partial charge in [0.25, 0.3) is 5.91 Å². The maximum Gasteiger partial charge on any atom is 0.251 e. The van der Waals surface area contributed by atoms with Crippen molar-refractivity contribution in [2.45, 2.75) is 6.61 Å². The Kier molecular flexibility index (Phi) is 6.04. The molecule has 1 aromatic heterocycles. The number of hydrogen-bond donors (Lipinski definition) is 2. The Morgan fingerprint density at radius 1 is 1.15 bits per heavy atom. The number of ether oxygens (including phenoxy) is 1. The van der Waals surface area contributed by atoms with Crippen LogP contribution >= 0.6 is 15.9 Å². The number of benzene rings is 2. The highest BCUT2D eigenvalue weighted by Crippen LogP contribution is 2.22. The second-order valence-electron chi connectivity index (χ2n) is 5.44. The first-order chi connectivity index (χ1) is 12.7. The van der Waals surface area contributed by atoms with Crippen LogP contribution in [0.1, 0.15) is 16.1 Å². The van der Waals surface area contributed by atoms with E-state index >= 15 is 0 Å². The third kappa shape index (κ3) is 4.71. The molecule has 0 bridgehead atoms. The predicted molar refractivity (Wildman–Crippen MR) is 99.8 cm³/mol. The number of oxazole rings is 1. The van der Waals surface area contributed by atoms with Gasteiger partial charge >= 0.3 is 0 Å². The Balaban J connectivity index is 1.57. The second kappa shape index (κ2) is 8.64. The van der Waals surface area contributed by atoms with E-state index in [1.54, 1.807) is 30.5 Å². The zero-order valence-corrected chi connectivity index (χ0v) is 15.4. The molecule has 0 unspecified atom stereocenters. The number of nitrogens with one attached hydrogen (secondary N) is 1. The second-order valence-corrected chi connectivity index (χ2v) is 6.36. The quantitative estimate of drug-likeness (QED) is 0.616. The van der Waals surface area contributed by atoms with Crippen molar-refractivity contribution in [2.24, 2.45) is 0 Å². The van der Waals surface area contributed by atoms with Gasteiger partial charge in [0.1, 0.15) is 24.3 Å². The van der Waals surface area contributed by atoms with E-state index in [1.807, 2.05) is 24.3 Å². The number of carbonyl (C=O) groups excluding carboxylic acids is 1. The average Bonchev–Trinajstić information content (AvgIpc) is 3.14. The molecule has 0 saturated heterocycles. The molecule has 1 heterocycles. The van der Waals surface area contributed by atoms with E-state index in [2.05, 4.69) is 26.2 Å². The maximum atomic E-state index is 11.8. The van der Waals surface area contributed by atoms with E-state index in [0.717, 1.165) is 10.0 Å². The average molecular weight is 417 g/mol. The predicted octanol–water partition coefficient (Wildman–Crippen LogP) is 3.41. The minimum atomic E-state index is -0.235. The van der Waals surface area contributed by atoms with E-state index < -0.39 is 0 Å². The lowest BCUT2D eigenvalue weighted by Crippen LogP contribution is -2.26. The molecule has 26 heavy (non-hydrogen) atoms. The molecule has 0 fully saturated rings. The van der Waals surface area contributed by atoms with Gasteiger partial charge in [-0.1, -0.05) is 15.9 Å². The third-order valence-electron chi connectivity index (χ3n) is 3.54. The van der Waals surface area contributed by atoms with E-state index in [0.29, 0.717) is 22.9 Å². The number of rotatable bonds is 7. The highest BCUT2D eigenvalue weighted by atomic mass is 79.9. The fourth-order valence-electron chi connectivity index (χ4n) is 2.23. The van der Waals surface area contributed by atoms with Gasteiger partial charge in [-0.05, 0) is 48.5 Å². The summed E-state index contributed by atoms with van der Waals surface area (Å²) in [6.07, 6.45) is 1.56. The molecule has 0 aliphatic heterocycles. The molecule has 0 saturated carbocycles. The summed E-state index contributed by atoms with van der Waals surface area (Å²) in [6.45, 7) is 0.396. The molecule has 0 aliphatic rings. The highest BCUT2D eigenvalue weighted by Gasteiger charge is 2.08. The van der Waals surface area contributed by atoms with Gasteiger partial charge in [0, 0.05) is 22.1 Å². The molecule has 0 spiro atoms. The van der Waals surface area contributed by atoms with Crippen LogP contribution in [-0.4, -0.2) is 29.1 Å². The number of halogens is 1. The number of aromatic nitrogens is 1. The number of amides is 1. The molecule has 6 nitrogen and oxygen atoms in total. The van der Waals surface area contributed by atoms with Crippen LogP contribution in [0.2, 0.25) is 0 Å². The van der Waals surface area contributed by atoms with Crippen molar-refractivity contribution < 1.29 is 19.1 Å². The Morgan fingerprint density at radius 3 is 2.58 bits per heavy atom. The molecule has 3 rings (SSSR count). The summed E-state index contributed by atoms with van der Waals surface area (Å²) < 4.78 is 12.2. The van der Waals surface area contributed by atoms with Crippen molar-refractivity contribution in [3.63, 3.8) is 0 Å². The number of aliphatic hydroxyl groups is 1. The monoisotopic (exact) mass is 416 g/mol. The van der Waals surface area contributed by atoms with Gasteiger partial charge in [0.05, 0.1) is 6.61 Å². The molecule has 1 amide bonds. The molecule has 134 valence electrons. The number of hydrogen-bond acceptors (Lipinski definition) is 5. The molecule has 7 heteroatoms. The van der Waals surface area contributed by atoms with Crippen LogP contribution < -0.4 is 10.1 Å². The summed E-state index contributed by atoms with van der Waals surface area (Å²) in [6, 6.07) is 14.4. The van der Waals surface area contributed by atoms with E-state index in [9.17, 15) is 4.79 Å². The minimum Gasteiger partial charge on any atom is -0.487 e. The largest absolute Gasteiger partial charge is 0.487 e. The van der Waals surface area contributed by atoms with Crippen LogP contribution in [0, 0.1) is 0 Å². The molecule has 0 atom stereocenters. The van der Waals surface area contributed by atoms with E-state index in [4.69, 9.17) is 14.3 Å². The fourth-order valence-corrected chi connectivity index (χ4v) is 2.49. The van der Waals surface area contributed by atoms with Gasteiger partial charge < -0.3 is 19.6 Å². The first kappa shape index (κ1) is 18.2. The number of nitrogens with zero attached hydrogens (tertiary/aromatic N) is 1. The van der Waals surface area contributed by atoms with Gasteiger partial charge in [-0.15, -0.1) is 0 Å². The van der Waals surface area contributed by atoms with Crippen molar-refractivity contribution in [2.75, 3.05) is 13.2 Å². The number of carbonyl (C=O) groups is 1. The highest BCUT2D eigenvalue weighted by molar-refractivity contribution is 9.10. The number of aliphatic hydroxyl groups excluding tert-OH is 1. The van der Waals surface area contributed by atoms with E-state index in [1.165, 1.54) is 0 Å². The lowest BCUT2D eigenvalue weighted by Gasteiger charge is -2.06. The minimum absolute atomic E-state index is 0.0904. The third-order valence-corrected chi connectivity index (χ3v) is 4.07. The van der Waals surface area contributed by atoms with Crippen LogP contribution in [0.25, 0.3) is 11.5 Å². The van der Waals surface area contributed by atoms with Crippen LogP contribution in [-0.2, 0) is 6.61 Å². The molecule has 0 aliphatic carbocycles. The van der Waals surface area contributed by atoms with Crippen LogP contribution in [0.4, 0.5) is 0 Å². The molecule has 0 radical (unpaired) electrons. The van der Waals surface area contributed by atoms with Gasteiger partial charge in [-0.25, -0.2) is 4.98 Å². The van der Waals surface area contributed by atoms with Crippen molar-refractivity contribution in [1.82, 2.24) is 10.3 Å². The van der Waals surface area contributed by atoms with Crippen molar-refractivity contribution in [3.8, 4) is 17.2 Å². The Labute approximate surface area is 159 Å². The standard InChI is InChI=1S/C19H17BrN2O4/c20-15-5-1-14(2-6-15)19-22-16(12-26-19)11-25-17-7-3-13(4-8-17)18(24)21-9-10-23/h1-8,12,23H,9-11H2,(H,21,24). The maximum absolute atomic E-state index is 11.8. The summed E-state index contributed by atoms with van der Waals surface area (Å²) in [7, 11) is 0. The molecule has 3 aromatic rings. The summed E-state index contributed by atoms with van der Waals surface area (Å²) in [5.74, 6) is 0.921. The van der Waals surface area contributed by atoms with Crippen LogP contribution in [0.5, 0.6) is 5.75 Å². The van der Waals surface area contributed by atoms with E-state index in [-0.39, 0.29) is 25.7 Å². The normalized spacial score (nSPS) is 10.5. The molecule has 2 aromatic carbocycles. The lowest BCUT2D eigenvalue weighted by molar-refractivity contribution is 0.0944. The molecular weight excluding hydrogens is 400 g/mol. The molecule has 2 N–H and O–H groups in total. The van der Waals surface area contributed by atoms with Crippen molar-refractivity contribution >= 4 is 21.8 Å². The summed E-state index contributed by atoms with van der Waals surface area (Å²) >= 11 is 3.39. The van der Waals surface area contributed by atoms with Crippen molar-refractivity contribution in [1.29, 1.82) is 0 Å². The van der Waals surface area contributed by atoms with Crippen molar-refractivity contribution in [3.05, 3.63) is 70.5 Å². The van der Waals surface area contributed by atoms with Crippen LogP contribution in [0.3, 0.4) is 0 Å². The zero-order chi connectivity index (χ0) is 18.4. The summed E-state index contributed by atoms with van der Waals surface area (Å²) in [5, 5.41) is 11.3. The van der Waals surface area contributed by atoms with Gasteiger partial charge in [-0.2, -0.15) is 0 Å². The summed E-state index contributed by atoms with van der Waals surface area (Å²) in [4.78, 5) is 16.2.